The predicted molar refractivity (Wildman–Crippen MR) is 302 cm³/mol. The molecule has 0 aliphatic carbocycles. The average Bonchev–Trinajstić information content (AvgIpc) is 3.40. The molecular weight excluding hydrogens is 1050 g/mol. The Balaban J connectivity index is 0. The highest BCUT2D eigenvalue weighted by Gasteiger charge is 2.24. The van der Waals surface area contributed by atoms with Crippen molar-refractivity contribution in [2.45, 2.75) is 194 Å². The van der Waals surface area contributed by atoms with Crippen LogP contribution in [0.5, 0.6) is 0 Å². The summed E-state index contributed by atoms with van der Waals surface area (Å²) in [5.74, 6) is -3.96. The summed E-state index contributed by atoms with van der Waals surface area (Å²) in [6.45, 7) is 7.55. The number of carboxylic acids is 2. The molecule has 0 fully saturated rings. The van der Waals surface area contributed by atoms with Gasteiger partial charge in [-0.15, -0.1) is 0 Å². The molecule has 0 aromatic rings. The summed E-state index contributed by atoms with van der Waals surface area (Å²) in [5.41, 5.74) is 5.09. The van der Waals surface area contributed by atoms with E-state index < -0.39 is 23.9 Å². The zero-order valence-electron chi connectivity index (χ0n) is 48.2. The molecule has 79 heavy (non-hydrogen) atoms. The van der Waals surface area contributed by atoms with E-state index in [1.54, 1.807) is 6.92 Å². The van der Waals surface area contributed by atoms with Crippen molar-refractivity contribution in [1.82, 2.24) is 21.3 Å². The van der Waals surface area contributed by atoms with E-state index >= 15 is 0 Å². The number of carboxylic acid groups (broad SMARTS) is 2. The van der Waals surface area contributed by atoms with E-state index in [9.17, 15) is 58.2 Å². The largest absolute Gasteiger partial charge is 0.481 e. The number of nitrogens with one attached hydrogen (secondary N) is 4. The summed E-state index contributed by atoms with van der Waals surface area (Å²) in [7, 11) is 0. The van der Waals surface area contributed by atoms with Gasteiger partial charge in [0, 0.05) is 75.9 Å². The van der Waals surface area contributed by atoms with E-state index in [-0.39, 0.29) is 175 Å². The van der Waals surface area contributed by atoms with E-state index in [2.05, 4.69) is 21.3 Å². The molecule has 0 rings (SSSR count). The van der Waals surface area contributed by atoms with Crippen molar-refractivity contribution < 1.29 is 82.2 Å². The molecule has 23 heteroatoms. The van der Waals surface area contributed by atoms with E-state index in [1.807, 2.05) is 6.92 Å². The molecule has 0 saturated heterocycles. The number of aliphatic carboxylic acids is 2. The number of amides is 4. The quantitative estimate of drug-likeness (QED) is 0.0370. The summed E-state index contributed by atoms with van der Waals surface area (Å²) in [6, 6.07) is -1.40. The SMILES string of the molecule is CC(=O)[C@H](C)N.CC[C@@H](CSCC(=O)NCCNC(=O)COCCOCCNC(=O)COCCOCCCC(=O)CC[C@H](NC(=O)CCCCCCCCCCCCCCCCCCC(=O)O)C(=O)O)C(=O)C[C@@H](CO)C(C)=O. The van der Waals surface area contributed by atoms with Crippen LogP contribution in [0.3, 0.4) is 0 Å². The topological polar surface area (TPSA) is 342 Å². The van der Waals surface area contributed by atoms with Crippen LogP contribution in [0, 0.1) is 11.8 Å². The highest BCUT2D eigenvalue weighted by molar-refractivity contribution is 7.99. The number of aliphatic hydroxyl groups is 1. The number of hydrogen-bond donors (Lipinski definition) is 8. The second kappa shape index (κ2) is 54.2. The fourth-order valence-electron chi connectivity index (χ4n) is 7.43. The van der Waals surface area contributed by atoms with Gasteiger partial charge in [-0.05, 0) is 52.9 Å². The number of ether oxygens (including phenoxy) is 4. The van der Waals surface area contributed by atoms with Gasteiger partial charge >= 0.3 is 11.9 Å². The smallest absolute Gasteiger partial charge is 0.326 e. The molecule has 4 atom stereocenters. The number of unbranched alkanes of at least 4 members (excludes halogenated alkanes) is 15. The first kappa shape index (κ1) is 76.7. The van der Waals surface area contributed by atoms with E-state index in [4.69, 9.17) is 29.8 Å². The number of aliphatic hydroxyl groups excluding tert-OH is 1. The lowest BCUT2D eigenvalue weighted by molar-refractivity contribution is -0.142. The zero-order chi connectivity index (χ0) is 59.3. The van der Waals surface area contributed by atoms with Gasteiger partial charge in [-0.2, -0.15) is 11.8 Å². The van der Waals surface area contributed by atoms with Gasteiger partial charge in [-0.25, -0.2) is 4.79 Å². The summed E-state index contributed by atoms with van der Waals surface area (Å²) in [5, 5.41) is 38.1. The fraction of sp³-hybridized carbons (Fsp3) is 0.821. The number of hydrogen-bond acceptors (Lipinski definition) is 17. The minimum Gasteiger partial charge on any atom is -0.481 e. The van der Waals surface area contributed by atoms with Crippen LogP contribution >= 0.6 is 11.8 Å². The number of carbonyl (C=O) groups excluding carboxylic acids is 8. The molecule has 0 aromatic heterocycles. The minimum atomic E-state index is -1.16. The Bertz CT molecular complexity index is 1690. The maximum atomic E-state index is 12.5. The molecule has 0 aromatic carbocycles. The number of thioether (sulfide) groups is 1. The number of nitrogens with two attached hydrogens (primary N) is 1. The molecular formula is C56H101N5O17S. The third-order valence-electron chi connectivity index (χ3n) is 12.6. The van der Waals surface area contributed by atoms with Gasteiger partial charge in [0.2, 0.25) is 23.6 Å². The van der Waals surface area contributed by atoms with Crippen molar-refractivity contribution in [3.05, 3.63) is 0 Å². The van der Waals surface area contributed by atoms with Crippen molar-refractivity contribution in [1.29, 1.82) is 0 Å². The van der Waals surface area contributed by atoms with Gasteiger partial charge in [0.1, 0.15) is 42.4 Å². The monoisotopic (exact) mass is 1150 g/mol. The Morgan fingerprint density at radius 2 is 0.975 bits per heavy atom. The second-order valence-corrected chi connectivity index (χ2v) is 20.8. The zero-order valence-corrected chi connectivity index (χ0v) is 49.0. The Morgan fingerprint density at radius 1 is 0.519 bits per heavy atom. The van der Waals surface area contributed by atoms with Crippen LogP contribution in [0.25, 0.3) is 0 Å². The first-order valence-corrected chi connectivity index (χ1v) is 29.8. The normalized spacial score (nSPS) is 12.5. The summed E-state index contributed by atoms with van der Waals surface area (Å²) >= 11 is 1.31. The summed E-state index contributed by atoms with van der Waals surface area (Å²) in [4.78, 5) is 117. The standard InChI is InChI=1S/C52H92N4O16S.C4H9NO/c1-3-42(46(60)35-43(36-57)41(2)58)39-73-40-50(64)54-27-26-53-48(62)37-72-34-32-70-30-28-55-49(63)38-71-33-31-69-29-20-21-44(59)24-25-45(52(67)68)56-47(61)22-18-16-14-12-10-8-6-4-5-7-9-11-13-15-17-19-23-51(65)66;1-3(5)4(2)6/h42-43,45,57H,3-40H2,1-2H3,(H,53,62)(H,54,64)(H,55,63)(H,56,61)(H,65,66)(H,67,68);3H,5H2,1-2H3/t42-,43-,45-;3-/m00/s1. The lowest BCUT2D eigenvalue weighted by atomic mass is 9.92. The van der Waals surface area contributed by atoms with Gasteiger partial charge in [0.25, 0.3) is 0 Å². The van der Waals surface area contributed by atoms with Crippen molar-refractivity contribution >= 4 is 70.5 Å². The Labute approximate surface area is 474 Å². The number of ketones is 4. The third kappa shape index (κ3) is 52.7. The Morgan fingerprint density at radius 3 is 1.43 bits per heavy atom. The Hall–Kier alpha value is -4.39. The molecule has 0 spiro atoms. The highest BCUT2D eigenvalue weighted by Crippen LogP contribution is 2.19. The maximum absolute atomic E-state index is 12.5. The minimum absolute atomic E-state index is 0.00840. The maximum Gasteiger partial charge on any atom is 0.326 e. The van der Waals surface area contributed by atoms with E-state index in [1.165, 1.54) is 83.4 Å². The number of carbonyl (C=O) groups is 10. The summed E-state index contributed by atoms with van der Waals surface area (Å²) < 4.78 is 21.4. The Kier molecular flexibility index (Phi) is 52.6. The molecule has 0 saturated carbocycles. The second-order valence-electron chi connectivity index (χ2n) is 19.7. The fourth-order valence-corrected chi connectivity index (χ4v) is 8.54. The van der Waals surface area contributed by atoms with Crippen LogP contribution in [0.1, 0.15) is 182 Å². The number of rotatable bonds is 55. The molecule has 0 aliphatic heterocycles. The molecule has 0 bridgehead atoms. The molecule has 9 N–H and O–H groups in total. The third-order valence-corrected chi connectivity index (χ3v) is 13.7. The van der Waals surface area contributed by atoms with Crippen molar-refractivity contribution in [2.24, 2.45) is 17.6 Å². The van der Waals surface area contributed by atoms with Crippen LogP contribution in [-0.4, -0.2) is 177 Å². The van der Waals surface area contributed by atoms with Crippen molar-refractivity contribution in [2.75, 3.05) is 90.6 Å². The molecule has 0 aliphatic rings. The highest BCUT2D eigenvalue weighted by atomic mass is 32.2. The van der Waals surface area contributed by atoms with Crippen LogP contribution in [0.15, 0.2) is 0 Å². The van der Waals surface area contributed by atoms with Crippen LogP contribution < -0.4 is 27.0 Å². The first-order valence-electron chi connectivity index (χ1n) is 28.7. The van der Waals surface area contributed by atoms with Crippen LogP contribution in [-0.2, 0) is 66.9 Å². The van der Waals surface area contributed by atoms with E-state index in [0.717, 1.165) is 38.5 Å². The summed E-state index contributed by atoms with van der Waals surface area (Å²) in [6.07, 6.45) is 19.6. The first-order chi connectivity index (χ1) is 37.8. The van der Waals surface area contributed by atoms with Crippen LogP contribution in [0.4, 0.5) is 0 Å². The molecule has 0 heterocycles. The predicted octanol–water partition coefficient (Wildman–Crippen LogP) is 5.05. The molecule has 458 valence electrons. The van der Waals surface area contributed by atoms with Gasteiger partial charge in [-0.3, -0.25) is 43.2 Å². The van der Waals surface area contributed by atoms with Crippen LogP contribution in [0.2, 0.25) is 0 Å². The lowest BCUT2D eigenvalue weighted by Crippen LogP contribution is -2.41. The number of Topliss-reactive ketones (excluding diaryl/α,β-unsaturated/α-hetero) is 4. The van der Waals surface area contributed by atoms with Gasteiger partial charge in [0.15, 0.2) is 0 Å². The molecule has 4 amide bonds. The van der Waals surface area contributed by atoms with Crippen molar-refractivity contribution in [3.63, 3.8) is 0 Å². The van der Waals surface area contributed by atoms with Crippen molar-refractivity contribution in [3.8, 4) is 0 Å². The molecule has 0 unspecified atom stereocenters. The molecule has 0 radical (unpaired) electrons. The van der Waals surface area contributed by atoms with E-state index in [0.29, 0.717) is 31.6 Å². The average molecular weight is 1150 g/mol. The van der Waals surface area contributed by atoms with Gasteiger partial charge in [0.05, 0.1) is 51.4 Å². The molecule has 22 nitrogen and oxygen atoms in total. The lowest BCUT2D eigenvalue weighted by Gasteiger charge is -2.16. The van der Waals surface area contributed by atoms with Gasteiger partial charge in [-0.1, -0.05) is 96.8 Å². The van der Waals surface area contributed by atoms with Gasteiger partial charge < -0.3 is 61.3 Å².